The predicted molar refractivity (Wildman–Crippen MR) is 96.4 cm³/mol. The van der Waals surface area contributed by atoms with Gasteiger partial charge in [-0.2, -0.15) is 0 Å². The molecule has 24 heavy (non-hydrogen) atoms. The van der Waals surface area contributed by atoms with Gasteiger partial charge in [-0.1, -0.05) is 44.7 Å². The summed E-state index contributed by atoms with van der Waals surface area (Å²) in [7, 11) is 0. The molecule has 0 bridgehead atoms. The summed E-state index contributed by atoms with van der Waals surface area (Å²) in [5.74, 6) is -1.39. The van der Waals surface area contributed by atoms with E-state index in [-0.39, 0.29) is 11.1 Å². The number of para-hydroxylation sites is 1. The predicted octanol–water partition coefficient (Wildman–Crippen LogP) is 4.34. The first-order valence-electron chi connectivity index (χ1n) is 7.59. The van der Waals surface area contributed by atoms with Crippen LogP contribution in [0.2, 0.25) is 0 Å². The zero-order valence-corrected chi connectivity index (χ0v) is 14.9. The lowest BCUT2D eigenvalue weighted by Gasteiger charge is -2.05. The average molecular weight is 336 g/mol. The number of hydrogen-bond acceptors (Lipinski definition) is 3. The second-order valence-corrected chi connectivity index (χ2v) is 5.36. The molecule has 3 N–H and O–H groups in total. The number of phenolic OH excluding ortho intramolecular Hbond substituents is 1. The van der Waals surface area contributed by atoms with E-state index >= 15 is 0 Å². The maximum absolute atomic E-state index is 9.62. The van der Waals surface area contributed by atoms with Crippen molar-refractivity contribution in [3.63, 3.8) is 0 Å². The lowest BCUT2D eigenvalue weighted by atomic mass is 10.0. The van der Waals surface area contributed by atoms with Gasteiger partial charge in [0.1, 0.15) is 5.75 Å². The highest BCUT2D eigenvalue weighted by Crippen LogP contribution is 2.22. The van der Waals surface area contributed by atoms with Gasteiger partial charge in [0, 0.05) is 11.1 Å². The summed E-state index contributed by atoms with van der Waals surface area (Å²) >= 11 is 0. The Kier molecular flexibility index (Phi) is 12.8. The molecule has 0 spiro atoms. The lowest BCUT2D eigenvalue weighted by molar-refractivity contribution is -0.133. The van der Waals surface area contributed by atoms with Crippen LogP contribution in [0.25, 0.3) is 0 Å². The number of aromatic hydroxyl groups is 1. The van der Waals surface area contributed by atoms with Gasteiger partial charge in [0.25, 0.3) is 0 Å². The zero-order chi connectivity index (χ0) is 19.3. The minimum Gasteiger partial charge on any atom is -0.507 e. The van der Waals surface area contributed by atoms with Crippen molar-refractivity contribution in [3.05, 3.63) is 53.6 Å². The molecule has 0 aliphatic carbocycles. The lowest BCUT2D eigenvalue weighted by Crippen LogP contribution is -1.92. The molecule has 0 saturated carbocycles. The van der Waals surface area contributed by atoms with Crippen molar-refractivity contribution in [1.82, 2.24) is 0 Å². The Bertz CT molecular complexity index is 525. The fourth-order valence-corrected chi connectivity index (χ4v) is 1.29. The van der Waals surface area contributed by atoms with Crippen LogP contribution in [-0.2, 0) is 16.0 Å². The Balaban J connectivity index is 0. The van der Waals surface area contributed by atoms with Gasteiger partial charge in [0.05, 0.1) is 0 Å². The molecule has 0 radical (unpaired) electrons. The van der Waals surface area contributed by atoms with E-state index in [2.05, 4.69) is 20.1 Å². The van der Waals surface area contributed by atoms with Crippen LogP contribution in [0.15, 0.2) is 42.5 Å². The minimum atomic E-state index is -0.935. The second kappa shape index (κ2) is 12.9. The number of carboxylic acid groups (broad SMARTS) is 2. The Morgan fingerprint density at radius 3 is 1.79 bits per heavy atom. The smallest absolute Gasteiger partial charge is 0.330 e. The van der Waals surface area contributed by atoms with Gasteiger partial charge in [-0.3, -0.25) is 0 Å². The normalized spacial score (nSPS) is 8.83. The fraction of sp³-hybridized carbons (Fsp3) is 0.368. The third-order valence-corrected chi connectivity index (χ3v) is 2.85. The summed E-state index contributed by atoms with van der Waals surface area (Å²) in [5.41, 5.74) is 2.41. The van der Waals surface area contributed by atoms with E-state index in [0.29, 0.717) is 5.75 Å². The van der Waals surface area contributed by atoms with E-state index in [1.54, 1.807) is 0 Å². The number of rotatable bonds is 5. The van der Waals surface area contributed by atoms with Gasteiger partial charge in [-0.05, 0) is 44.7 Å². The molecule has 0 fully saturated rings. The number of benzene rings is 1. The number of carbonyl (C=O) groups is 2. The molecule has 0 saturated heterocycles. The highest BCUT2D eigenvalue weighted by molar-refractivity contribution is 5.85. The van der Waals surface area contributed by atoms with Gasteiger partial charge in [-0.25, -0.2) is 9.59 Å². The Labute approximate surface area is 144 Å². The van der Waals surface area contributed by atoms with Crippen molar-refractivity contribution in [3.8, 4) is 5.75 Å². The number of aliphatic carboxylic acids is 2. The molecular weight excluding hydrogens is 308 g/mol. The van der Waals surface area contributed by atoms with Crippen molar-refractivity contribution < 1.29 is 24.9 Å². The molecule has 5 heteroatoms. The van der Waals surface area contributed by atoms with Crippen LogP contribution >= 0.6 is 0 Å². The summed E-state index contributed by atoms with van der Waals surface area (Å²) in [6, 6.07) is 5.93. The Morgan fingerprint density at radius 1 is 1.04 bits per heavy atom. The maximum Gasteiger partial charge on any atom is 0.330 e. The molecule has 0 atom stereocenters. The van der Waals surface area contributed by atoms with Gasteiger partial charge < -0.3 is 15.3 Å². The summed E-state index contributed by atoms with van der Waals surface area (Å²) in [5, 5.41) is 25.4. The number of carboxylic acids is 2. The van der Waals surface area contributed by atoms with E-state index in [4.69, 9.17) is 10.2 Å². The highest BCUT2D eigenvalue weighted by atomic mass is 16.4. The van der Waals surface area contributed by atoms with Crippen LogP contribution in [0.3, 0.4) is 0 Å². The van der Waals surface area contributed by atoms with Crippen LogP contribution in [0, 0.1) is 6.92 Å². The molecule has 1 aromatic rings. The van der Waals surface area contributed by atoms with Gasteiger partial charge in [0.2, 0.25) is 0 Å². The number of hydrogen-bond donors (Lipinski definition) is 3. The van der Waals surface area contributed by atoms with Gasteiger partial charge in [0.15, 0.2) is 0 Å². The molecule has 134 valence electrons. The summed E-state index contributed by atoms with van der Waals surface area (Å²) in [6.45, 7) is 13.3. The van der Waals surface area contributed by atoms with Crippen molar-refractivity contribution >= 4 is 11.9 Å². The number of unbranched alkanes of at least 4 members (excludes halogenated alkanes) is 1. The third-order valence-electron chi connectivity index (χ3n) is 2.85. The van der Waals surface area contributed by atoms with E-state index in [1.165, 1.54) is 20.3 Å². The molecule has 0 amide bonds. The molecular formula is C19H28O5. The van der Waals surface area contributed by atoms with Crippen molar-refractivity contribution in [2.45, 2.75) is 47.0 Å². The number of aryl methyl sites for hydroxylation is 2. The molecule has 1 aromatic carbocycles. The van der Waals surface area contributed by atoms with E-state index < -0.39 is 11.9 Å². The molecule has 0 aromatic heterocycles. The third kappa shape index (κ3) is 12.0. The quantitative estimate of drug-likeness (QED) is 0.695. The molecule has 0 heterocycles. The monoisotopic (exact) mass is 336 g/mol. The SMILES string of the molecule is C=C(C)C(=O)O.C=C(C)C(=O)O.CCCCc1cccc(C)c1O. The van der Waals surface area contributed by atoms with Crippen molar-refractivity contribution in [2.24, 2.45) is 0 Å². The molecule has 5 nitrogen and oxygen atoms in total. The van der Waals surface area contributed by atoms with Crippen LogP contribution in [0.1, 0.15) is 44.7 Å². The standard InChI is InChI=1S/C11H16O.2C4H6O2/c1-3-4-7-10-8-5-6-9(2)11(10)12;2*1-3(2)4(5)6/h5-6,8,12H,3-4,7H2,1-2H3;2*1H2,2H3,(H,5,6). The van der Waals surface area contributed by atoms with Crippen molar-refractivity contribution in [2.75, 3.05) is 0 Å². The topological polar surface area (TPSA) is 94.8 Å². The van der Waals surface area contributed by atoms with E-state index in [1.807, 2.05) is 25.1 Å². The van der Waals surface area contributed by atoms with Crippen LogP contribution in [-0.4, -0.2) is 27.3 Å². The van der Waals surface area contributed by atoms with Crippen LogP contribution in [0.5, 0.6) is 5.75 Å². The van der Waals surface area contributed by atoms with Crippen LogP contribution in [0.4, 0.5) is 0 Å². The molecule has 1 rings (SSSR count). The van der Waals surface area contributed by atoms with Gasteiger partial charge in [-0.15, -0.1) is 0 Å². The average Bonchev–Trinajstić information content (AvgIpc) is 2.50. The molecule has 0 aliphatic heterocycles. The Hall–Kier alpha value is -2.56. The van der Waals surface area contributed by atoms with E-state index in [0.717, 1.165) is 24.0 Å². The Morgan fingerprint density at radius 2 is 1.46 bits per heavy atom. The first kappa shape index (κ1) is 23.7. The summed E-state index contributed by atoms with van der Waals surface area (Å²) < 4.78 is 0. The van der Waals surface area contributed by atoms with Crippen molar-refractivity contribution in [1.29, 1.82) is 0 Å². The zero-order valence-electron chi connectivity index (χ0n) is 14.9. The number of phenols is 1. The molecule has 0 aliphatic rings. The maximum atomic E-state index is 9.62. The highest BCUT2D eigenvalue weighted by Gasteiger charge is 2.01. The largest absolute Gasteiger partial charge is 0.507 e. The summed E-state index contributed by atoms with van der Waals surface area (Å²) in [4.78, 5) is 19.2. The van der Waals surface area contributed by atoms with Gasteiger partial charge >= 0.3 is 11.9 Å². The van der Waals surface area contributed by atoms with E-state index in [9.17, 15) is 14.7 Å². The molecule has 0 unspecified atom stereocenters. The first-order chi connectivity index (χ1) is 11.0. The fourth-order valence-electron chi connectivity index (χ4n) is 1.29. The minimum absolute atomic E-state index is 0.176. The van der Waals surface area contributed by atoms with Crippen LogP contribution < -0.4 is 0 Å². The second-order valence-electron chi connectivity index (χ2n) is 5.36. The summed E-state index contributed by atoms with van der Waals surface area (Å²) in [6.07, 6.45) is 3.31. The first-order valence-corrected chi connectivity index (χ1v) is 7.59.